The zero-order chi connectivity index (χ0) is 16.2. The Labute approximate surface area is 134 Å². The quantitative estimate of drug-likeness (QED) is 0.635. The molecule has 1 amide bonds. The molecule has 2 aromatic carbocycles. The third-order valence-electron chi connectivity index (χ3n) is 3.84. The van der Waals surface area contributed by atoms with Crippen LogP contribution in [0.25, 0.3) is 6.08 Å². The van der Waals surface area contributed by atoms with Crippen molar-refractivity contribution < 1.29 is 14.0 Å². The van der Waals surface area contributed by atoms with Gasteiger partial charge in [-0.15, -0.1) is 0 Å². The maximum atomic E-state index is 13.5. The van der Waals surface area contributed by atoms with Gasteiger partial charge in [0.05, 0.1) is 0 Å². The highest BCUT2D eigenvalue weighted by Crippen LogP contribution is 2.22. The summed E-state index contributed by atoms with van der Waals surface area (Å²) in [7, 11) is 0. The summed E-state index contributed by atoms with van der Waals surface area (Å²) in [6.07, 6.45) is 4.20. The van der Waals surface area contributed by atoms with Crippen molar-refractivity contribution in [3.05, 3.63) is 71.6 Å². The van der Waals surface area contributed by atoms with E-state index in [2.05, 4.69) is 0 Å². The van der Waals surface area contributed by atoms with Crippen LogP contribution in [-0.2, 0) is 4.79 Å². The highest BCUT2D eigenvalue weighted by molar-refractivity contribution is 6.08. The van der Waals surface area contributed by atoms with E-state index in [0.29, 0.717) is 24.1 Å². The molecule has 1 saturated heterocycles. The first-order chi connectivity index (χ1) is 11.1. The first-order valence-corrected chi connectivity index (χ1v) is 7.52. The van der Waals surface area contributed by atoms with Crippen LogP contribution in [0.15, 0.2) is 54.6 Å². The van der Waals surface area contributed by atoms with Crippen LogP contribution >= 0.6 is 0 Å². The molecule has 0 atom stereocenters. The number of halogens is 1. The Kier molecular flexibility index (Phi) is 4.33. The molecule has 0 radical (unpaired) electrons. The number of anilines is 1. The van der Waals surface area contributed by atoms with E-state index in [0.717, 1.165) is 12.1 Å². The standard InChI is InChI=1S/C19H16FNO2/c20-17-8-2-1-5-14(17)10-11-18(22)15-6-3-7-16(13-15)21-12-4-9-19(21)23/h1-3,5-8,10-11,13H,4,9,12H2/b11-10+. The van der Waals surface area contributed by atoms with Crippen LogP contribution < -0.4 is 4.90 Å². The molecule has 0 N–H and O–H groups in total. The van der Waals surface area contributed by atoms with Crippen molar-refractivity contribution in [3.63, 3.8) is 0 Å². The minimum atomic E-state index is -0.368. The average molecular weight is 309 g/mol. The van der Waals surface area contributed by atoms with E-state index in [1.165, 1.54) is 18.2 Å². The van der Waals surface area contributed by atoms with Crippen LogP contribution in [0.4, 0.5) is 10.1 Å². The van der Waals surface area contributed by atoms with Gasteiger partial charge in [0.25, 0.3) is 0 Å². The topological polar surface area (TPSA) is 37.4 Å². The second-order valence-corrected chi connectivity index (χ2v) is 5.42. The monoisotopic (exact) mass is 309 g/mol. The molecule has 1 fully saturated rings. The fourth-order valence-electron chi connectivity index (χ4n) is 2.62. The van der Waals surface area contributed by atoms with E-state index in [4.69, 9.17) is 0 Å². The molecular formula is C19H16FNO2. The SMILES string of the molecule is O=C(/C=C/c1ccccc1F)c1cccc(N2CCCC2=O)c1. The Morgan fingerprint density at radius 1 is 1.13 bits per heavy atom. The molecule has 1 aliphatic heterocycles. The molecule has 0 saturated carbocycles. The predicted octanol–water partition coefficient (Wildman–Crippen LogP) is 3.85. The van der Waals surface area contributed by atoms with Gasteiger partial charge in [0.1, 0.15) is 5.82 Å². The Morgan fingerprint density at radius 2 is 1.96 bits per heavy atom. The van der Waals surface area contributed by atoms with Crippen molar-refractivity contribution in [2.75, 3.05) is 11.4 Å². The summed E-state index contributed by atoms with van der Waals surface area (Å²) in [5.41, 5.74) is 1.58. The summed E-state index contributed by atoms with van der Waals surface area (Å²) in [6, 6.07) is 13.3. The average Bonchev–Trinajstić information content (AvgIpc) is 3.00. The number of hydrogen-bond donors (Lipinski definition) is 0. The number of ketones is 1. The van der Waals surface area contributed by atoms with E-state index in [1.54, 1.807) is 41.3 Å². The summed E-state index contributed by atoms with van der Waals surface area (Å²) < 4.78 is 13.5. The third-order valence-corrected chi connectivity index (χ3v) is 3.84. The number of rotatable bonds is 4. The smallest absolute Gasteiger partial charge is 0.227 e. The number of benzene rings is 2. The lowest BCUT2D eigenvalue weighted by molar-refractivity contribution is -0.117. The van der Waals surface area contributed by atoms with Crippen LogP contribution in [0, 0.1) is 5.82 Å². The first kappa shape index (κ1) is 15.2. The van der Waals surface area contributed by atoms with Crippen molar-refractivity contribution in [3.8, 4) is 0 Å². The zero-order valence-electron chi connectivity index (χ0n) is 12.5. The largest absolute Gasteiger partial charge is 0.312 e. The number of carbonyl (C=O) groups excluding carboxylic acids is 2. The highest BCUT2D eigenvalue weighted by Gasteiger charge is 2.22. The fraction of sp³-hybridized carbons (Fsp3) is 0.158. The van der Waals surface area contributed by atoms with Gasteiger partial charge in [-0.3, -0.25) is 9.59 Å². The van der Waals surface area contributed by atoms with Crippen molar-refractivity contribution >= 4 is 23.5 Å². The Hall–Kier alpha value is -2.75. The van der Waals surface area contributed by atoms with Crippen molar-refractivity contribution in [1.82, 2.24) is 0 Å². The molecule has 0 aromatic heterocycles. The lowest BCUT2D eigenvalue weighted by Crippen LogP contribution is -2.23. The van der Waals surface area contributed by atoms with Crippen molar-refractivity contribution in [1.29, 1.82) is 0 Å². The van der Waals surface area contributed by atoms with Gasteiger partial charge in [0.2, 0.25) is 5.91 Å². The van der Waals surface area contributed by atoms with Crippen LogP contribution in [0.3, 0.4) is 0 Å². The number of nitrogens with zero attached hydrogens (tertiary/aromatic N) is 1. The molecule has 1 aliphatic rings. The molecule has 116 valence electrons. The van der Waals surface area contributed by atoms with Gasteiger partial charge in [0.15, 0.2) is 5.78 Å². The normalized spacial score (nSPS) is 14.7. The summed E-state index contributed by atoms with van der Waals surface area (Å²) >= 11 is 0. The van der Waals surface area contributed by atoms with Crippen LogP contribution in [0.5, 0.6) is 0 Å². The van der Waals surface area contributed by atoms with E-state index >= 15 is 0 Å². The van der Waals surface area contributed by atoms with Crippen molar-refractivity contribution in [2.45, 2.75) is 12.8 Å². The summed E-state index contributed by atoms with van der Waals surface area (Å²) in [5, 5.41) is 0. The molecule has 0 bridgehead atoms. The zero-order valence-corrected chi connectivity index (χ0v) is 12.5. The van der Waals surface area contributed by atoms with Crippen molar-refractivity contribution in [2.24, 2.45) is 0 Å². The van der Waals surface area contributed by atoms with E-state index in [9.17, 15) is 14.0 Å². The molecule has 0 unspecified atom stereocenters. The Bertz CT molecular complexity index is 782. The summed E-state index contributed by atoms with van der Waals surface area (Å²) in [5.74, 6) is -0.508. The lowest BCUT2D eigenvalue weighted by atomic mass is 10.1. The third kappa shape index (κ3) is 3.37. The molecule has 23 heavy (non-hydrogen) atoms. The van der Waals surface area contributed by atoms with Gasteiger partial charge in [0, 0.05) is 29.8 Å². The van der Waals surface area contributed by atoms with Gasteiger partial charge < -0.3 is 4.90 Å². The molecule has 0 aliphatic carbocycles. The maximum Gasteiger partial charge on any atom is 0.227 e. The maximum absolute atomic E-state index is 13.5. The second kappa shape index (κ2) is 6.57. The first-order valence-electron chi connectivity index (χ1n) is 7.52. The van der Waals surface area contributed by atoms with E-state index < -0.39 is 0 Å². The molecule has 3 nitrogen and oxygen atoms in total. The van der Waals surface area contributed by atoms with Gasteiger partial charge in [-0.1, -0.05) is 30.3 Å². The van der Waals surface area contributed by atoms with Crippen LogP contribution in [0.1, 0.15) is 28.8 Å². The summed E-state index contributed by atoms with van der Waals surface area (Å²) in [4.78, 5) is 25.7. The Balaban J connectivity index is 1.80. The molecule has 0 spiro atoms. The number of carbonyl (C=O) groups is 2. The number of amides is 1. The summed E-state index contributed by atoms with van der Waals surface area (Å²) in [6.45, 7) is 0.682. The van der Waals surface area contributed by atoms with Gasteiger partial charge >= 0.3 is 0 Å². The predicted molar refractivity (Wildman–Crippen MR) is 87.8 cm³/mol. The second-order valence-electron chi connectivity index (χ2n) is 5.42. The number of allylic oxidation sites excluding steroid dienone is 1. The lowest BCUT2D eigenvalue weighted by Gasteiger charge is -2.16. The minimum absolute atomic E-state index is 0.0801. The molecular weight excluding hydrogens is 293 g/mol. The van der Waals surface area contributed by atoms with Crippen LogP contribution in [0.2, 0.25) is 0 Å². The van der Waals surface area contributed by atoms with Gasteiger partial charge in [-0.25, -0.2) is 4.39 Å². The molecule has 1 heterocycles. The van der Waals surface area contributed by atoms with Gasteiger partial charge in [-0.05, 0) is 36.8 Å². The van der Waals surface area contributed by atoms with Crippen LogP contribution in [-0.4, -0.2) is 18.2 Å². The van der Waals surface area contributed by atoms with E-state index in [-0.39, 0.29) is 17.5 Å². The molecule has 4 heteroatoms. The van der Waals surface area contributed by atoms with E-state index in [1.807, 2.05) is 6.07 Å². The Morgan fingerprint density at radius 3 is 2.70 bits per heavy atom. The van der Waals surface area contributed by atoms with Gasteiger partial charge in [-0.2, -0.15) is 0 Å². The fourth-order valence-corrected chi connectivity index (χ4v) is 2.62. The highest BCUT2D eigenvalue weighted by atomic mass is 19.1. The number of hydrogen-bond acceptors (Lipinski definition) is 2. The molecule has 3 rings (SSSR count). The molecule has 2 aromatic rings. The minimum Gasteiger partial charge on any atom is -0.312 e.